The van der Waals surface area contributed by atoms with E-state index < -0.39 is 63.7 Å². The molecule has 0 aliphatic heterocycles. The molecule has 2 amide bonds. The average molecular weight is 532 g/mol. The number of carbonyl (C=O) groups is 2. The number of halogens is 8. The van der Waals surface area contributed by atoms with Crippen molar-refractivity contribution in [1.82, 2.24) is 5.32 Å². The molecule has 0 unspecified atom stereocenters. The number of alkyl halides is 5. The first-order chi connectivity index (χ1) is 15.3. The molecule has 1 saturated carbocycles. The zero-order chi connectivity index (χ0) is 24.7. The Bertz CT molecular complexity index is 1110. The third kappa shape index (κ3) is 5.44. The molecule has 1 aliphatic carbocycles. The maximum atomic E-state index is 14.4. The van der Waals surface area contributed by atoms with E-state index >= 15 is 0 Å². The lowest BCUT2D eigenvalue weighted by Gasteiger charge is -2.14. The van der Waals surface area contributed by atoms with Crippen molar-refractivity contribution in [2.24, 2.45) is 5.92 Å². The fourth-order valence-corrected chi connectivity index (χ4v) is 4.33. The molecule has 5 nitrogen and oxygen atoms in total. The quantitative estimate of drug-likeness (QED) is 0.385. The van der Waals surface area contributed by atoms with Crippen LogP contribution >= 0.6 is 34.8 Å². The maximum absolute atomic E-state index is 14.4. The van der Waals surface area contributed by atoms with Crippen molar-refractivity contribution >= 4 is 52.3 Å². The van der Waals surface area contributed by atoms with Gasteiger partial charge in [-0.1, -0.05) is 17.7 Å². The van der Waals surface area contributed by atoms with Crippen molar-refractivity contribution in [3.05, 3.63) is 58.1 Å². The van der Waals surface area contributed by atoms with E-state index in [1.54, 1.807) is 5.32 Å². The Hall–Kier alpha value is -2.30. The van der Waals surface area contributed by atoms with Gasteiger partial charge >= 0.3 is 6.18 Å². The molecule has 1 aliphatic rings. The highest BCUT2D eigenvalue weighted by molar-refractivity contribution is 6.53. The fourth-order valence-electron chi connectivity index (χ4n) is 3.31. The van der Waals surface area contributed by atoms with Gasteiger partial charge in [0.15, 0.2) is 11.6 Å². The third-order valence-corrected chi connectivity index (χ3v) is 6.08. The first-order valence-electron chi connectivity index (χ1n) is 9.12. The molecule has 178 valence electrons. The van der Waals surface area contributed by atoms with Gasteiger partial charge in [-0.15, -0.1) is 23.2 Å². The summed E-state index contributed by atoms with van der Waals surface area (Å²) in [4.78, 5) is 24.9. The van der Waals surface area contributed by atoms with Crippen LogP contribution in [-0.4, -0.2) is 36.0 Å². The lowest BCUT2D eigenvalue weighted by atomic mass is 10.1. The lowest BCUT2D eigenvalue weighted by molar-refractivity contribution is -0.123. The highest BCUT2D eigenvalue weighted by Gasteiger charge is 2.67. The van der Waals surface area contributed by atoms with E-state index in [4.69, 9.17) is 39.5 Å². The van der Waals surface area contributed by atoms with Crippen molar-refractivity contribution in [3.8, 4) is 5.75 Å². The monoisotopic (exact) mass is 530 g/mol. The van der Waals surface area contributed by atoms with Gasteiger partial charge in [-0.2, -0.15) is 13.2 Å². The molecule has 2 aromatic rings. The average Bonchev–Trinajstić information content (AvgIpc) is 3.29. The Labute approximate surface area is 199 Å². The molecule has 2 aromatic carbocycles. The van der Waals surface area contributed by atoms with E-state index in [9.17, 15) is 31.5 Å². The van der Waals surface area contributed by atoms with Gasteiger partial charge in [0.1, 0.15) is 16.7 Å². The molecular weight excluding hydrogens is 518 g/mol. The minimum atomic E-state index is -4.69. The number of hydrogen-bond donors (Lipinski definition) is 2. The molecular formula is C20H14Cl3F5N2O3. The SMILES string of the molecule is COc1c(F)cc(NC(=O)[C@H]2[C@H](c3ccc(F)c(Cl)c3)C2(Cl)Cl)cc1C(=O)NCC(F)(F)F. The van der Waals surface area contributed by atoms with Crippen LogP contribution in [0.2, 0.25) is 5.02 Å². The standard InChI is InChI=1S/C20H14Cl3F5N2O3/c1-33-16-10(17(31)29-7-19(26,27)28)5-9(6-13(16)25)30-18(32)15-14(20(15,22)23)8-2-3-12(24)11(21)4-8/h2-6,14-15H,7H2,1H3,(H,29,31)(H,30,32)/t14-,15+/m0/s1. The molecule has 0 aromatic heterocycles. The summed E-state index contributed by atoms with van der Waals surface area (Å²) in [5.41, 5.74) is -0.431. The number of hydrogen-bond acceptors (Lipinski definition) is 3. The Morgan fingerprint density at radius 1 is 1.12 bits per heavy atom. The van der Waals surface area contributed by atoms with E-state index in [0.717, 1.165) is 25.3 Å². The second-order valence-electron chi connectivity index (χ2n) is 7.13. The number of ether oxygens (including phenoxy) is 1. The Kier molecular flexibility index (Phi) is 7.02. The second kappa shape index (κ2) is 9.15. The van der Waals surface area contributed by atoms with Gasteiger partial charge in [-0.05, 0) is 23.8 Å². The highest BCUT2D eigenvalue weighted by atomic mass is 35.5. The summed E-state index contributed by atoms with van der Waals surface area (Å²) in [6.45, 7) is -1.65. The maximum Gasteiger partial charge on any atom is 0.405 e. The summed E-state index contributed by atoms with van der Waals surface area (Å²) >= 11 is 18.2. The second-order valence-corrected chi connectivity index (χ2v) is 8.98. The van der Waals surface area contributed by atoms with E-state index in [-0.39, 0.29) is 10.7 Å². The van der Waals surface area contributed by atoms with Crippen LogP contribution in [0.5, 0.6) is 5.75 Å². The largest absolute Gasteiger partial charge is 0.493 e. The van der Waals surface area contributed by atoms with Gasteiger partial charge < -0.3 is 15.4 Å². The molecule has 2 N–H and O–H groups in total. The number of rotatable bonds is 6. The first-order valence-corrected chi connectivity index (χ1v) is 10.3. The van der Waals surface area contributed by atoms with Crippen molar-refractivity contribution in [2.45, 2.75) is 16.4 Å². The van der Waals surface area contributed by atoms with Crippen molar-refractivity contribution < 1.29 is 36.3 Å². The number of anilines is 1. The number of benzene rings is 2. The summed E-state index contributed by atoms with van der Waals surface area (Å²) in [5.74, 6) is -6.24. The smallest absolute Gasteiger partial charge is 0.405 e. The summed E-state index contributed by atoms with van der Waals surface area (Å²) < 4.78 is 68.2. The molecule has 0 heterocycles. The molecule has 0 spiro atoms. The zero-order valence-corrected chi connectivity index (χ0v) is 18.8. The topological polar surface area (TPSA) is 67.4 Å². The van der Waals surface area contributed by atoms with Crippen LogP contribution in [0, 0.1) is 17.6 Å². The summed E-state index contributed by atoms with van der Waals surface area (Å²) in [7, 11) is 1.02. The number of nitrogens with one attached hydrogen (secondary N) is 2. The lowest BCUT2D eigenvalue weighted by Crippen LogP contribution is -2.34. The van der Waals surface area contributed by atoms with E-state index in [2.05, 4.69) is 5.32 Å². The highest BCUT2D eigenvalue weighted by Crippen LogP contribution is 2.65. The Balaban J connectivity index is 1.82. The van der Waals surface area contributed by atoms with Gasteiger partial charge in [0.2, 0.25) is 5.91 Å². The van der Waals surface area contributed by atoms with Crippen molar-refractivity contribution in [2.75, 3.05) is 19.0 Å². The fraction of sp³-hybridized carbons (Fsp3) is 0.300. The molecule has 33 heavy (non-hydrogen) atoms. The van der Waals surface area contributed by atoms with Crippen LogP contribution in [0.3, 0.4) is 0 Å². The molecule has 0 radical (unpaired) electrons. The van der Waals surface area contributed by atoms with Crippen LogP contribution in [-0.2, 0) is 4.79 Å². The van der Waals surface area contributed by atoms with Crippen LogP contribution in [0.25, 0.3) is 0 Å². The zero-order valence-electron chi connectivity index (χ0n) is 16.5. The number of carbonyl (C=O) groups excluding carboxylic acids is 2. The van der Waals surface area contributed by atoms with E-state index in [1.165, 1.54) is 12.1 Å². The Morgan fingerprint density at radius 3 is 2.36 bits per heavy atom. The minimum absolute atomic E-state index is 0.200. The van der Waals surface area contributed by atoms with Crippen LogP contribution < -0.4 is 15.4 Å². The number of methoxy groups -OCH3 is 1. The minimum Gasteiger partial charge on any atom is -0.493 e. The summed E-state index contributed by atoms with van der Waals surface area (Å²) in [5, 5.41) is 3.73. The van der Waals surface area contributed by atoms with Crippen LogP contribution in [0.1, 0.15) is 21.8 Å². The van der Waals surface area contributed by atoms with Gasteiger partial charge in [0, 0.05) is 17.7 Å². The molecule has 0 saturated heterocycles. The number of amides is 2. The van der Waals surface area contributed by atoms with Gasteiger partial charge in [0.05, 0.1) is 23.6 Å². The van der Waals surface area contributed by atoms with Crippen LogP contribution in [0.15, 0.2) is 30.3 Å². The van der Waals surface area contributed by atoms with Gasteiger partial charge in [0.25, 0.3) is 5.91 Å². The molecule has 2 atom stereocenters. The van der Waals surface area contributed by atoms with Crippen LogP contribution in [0.4, 0.5) is 27.6 Å². The summed E-state index contributed by atoms with van der Waals surface area (Å²) in [6.07, 6.45) is -4.69. The summed E-state index contributed by atoms with van der Waals surface area (Å²) in [6, 6.07) is 5.47. The van der Waals surface area contributed by atoms with E-state index in [1.807, 2.05) is 0 Å². The van der Waals surface area contributed by atoms with Crippen molar-refractivity contribution in [1.29, 1.82) is 0 Å². The normalized spacial score (nSPS) is 19.1. The predicted octanol–water partition coefficient (Wildman–Crippen LogP) is 5.44. The molecule has 3 rings (SSSR count). The first kappa shape index (κ1) is 25.3. The molecule has 1 fully saturated rings. The Morgan fingerprint density at radius 2 is 1.79 bits per heavy atom. The molecule has 13 heteroatoms. The molecule has 0 bridgehead atoms. The predicted molar refractivity (Wildman–Crippen MR) is 112 cm³/mol. The third-order valence-electron chi connectivity index (χ3n) is 4.85. The van der Waals surface area contributed by atoms with Crippen molar-refractivity contribution in [3.63, 3.8) is 0 Å². The van der Waals surface area contributed by atoms with Gasteiger partial charge in [-0.25, -0.2) is 8.78 Å². The van der Waals surface area contributed by atoms with Gasteiger partial charge in [-0.3, -0.25) is 9.59 Å². The van der Waals surface area contributed by atoms with E-state index in [0.29, 0.717) is 5.56 Å².